The van der Waals surface area contributed by atoms with Crippen molar-refractivity contribution < 1.29 is 8.42 Å². The number of sulfone groups is 1. The Hall–Kier alpha value is -0.740. The summed E-state index contributed by atoms with van der Waals surface area (Å²) in [4.78, 5) is 0. The number of anilines is 1. The molecule has 0 radical (unpaired) electrons. The molecule has 1 aromatic carbocycles. The monoisotopic (exact) mass is 275 g/mol. The highest BCUT2D eigenvalue weighted by Gasteiger charge is 2.07. The molecule has 1 rings (SSSR count). The second-order valence-corrected chi connectivity index (χ2v) is 6.71. The van der Waals surface area contributed by atoms with Crippen LogP contribution in [-0.4, -0.2) is 21.2 Å². The largest absolute Gasteiger partial charge is 0.384 e. The Kier molecular flexibility index (Phi) is 5.28. The standard InChI is InChI=1S/C12H18ClNO2S/c1-3-4-7-14-12-8-10(5-6-11(12)13)9-17(2,15)16/h5-6,8,14H,3-4,7,9H2,1-2H3. The van der Waals surface area contributed by atoms with Crippen LogP contribution in [0.4, 0.5) is 5.69 Å². The van der Waals surface area contributed by atoms with Gasteiger partial charge in [0, 0.05) is 12.8 Å². The van der Waals surface area contributed by atoms with E-state index in [0.29, 0.717) is 5.02 Å². The fraction of sp³-hybridized carbons (Fsp3) is 0.500. The third kappa shape index (κ3) is 5.41. The molecule has 3 nitrogen and oxygen atoms in total. The number of nitrogens with one attached hydrogen (secondary N) is 1. The minimum absolute atomic E-state index is 0.0482. The third-order valence-corrected chi connectivity index (χ3v) is 3.49. The van der Waals surface area contributed by atoms with Crippen molar-refractivity contribution in [2.75, 3.05) is 18.1 Å². The number of benzene rings is 1. The van der Waals surface area contributed by atoms with Crippen LogP contribution in [0.2, 0.25) is 5.02 Å². The van der Waals surface area contributed by atoms with Gasteiger partial charge < -0.3 is 5.32 Å². The molecule has 0 fully saturated rings. The van der Waals surface area contributed by atoms with Gasteiger partial charge in [0.2, 0.25) is 0 Å². The highest BCUT2D eigenvalue weighted by molar-refractivity contribution is 7.89. The lowest BCUT2D eigenvalue weighted by atomic mass is 10.2. The molecule has 0 aliphatic rings. The molecule has 17 heavy (non-hydrogen) atoms. The van der Waals surface area contributed by atoms with E-state index < -0.39 is 9.84 Å². The summed E-state index contributed by atoms with van der Waals surface area (Å²) < 4.78 is 22.4. The Morgan fingerprint density at radius 2 is 2.06 bits per heavy atom. The summed E-state index contributed by atoms with van der Waals surface area (Å²) in [7, 11) is -3.00. The van der Waals surface area contributed by atoms with E-state index in [9.17, 15) is 8.42 Å². The van der Waals surface area contributed by atoms with Gasteiger partial charge >= 0.3 is 0 Å². The van der Waals surface area contributed by atoms with Crippen molar-refractivity contribution in [3.63, 3.8) is 0 Å². The first kappa shape index (κ1) is 14.3. The van der Waals surface area contributed by atoms with Gasteiger partial charge in [0.15, 0.2) is 9.84 Å². The van der Waals surface area contributed by atoms with Crippen LogP contribution >= 0.6 is 11.6 Å². The van der Waals surface area contributed by atoms with Crippen molar-refractivity contribution in [2.24, 2.45) is 0 Å². The van der Waals surface area contributed by atoms with E-state index in [1.807, 2.05) is 0 Å². The van der Waals surface area contributed by atoms with Gasteiger partial charge in [-0.3, -0.25) is 0 Å². The zero-order valence-corrected chi connectivity index (χ0v) is 11.7. The van der Waals surface area contributed by atoms with Crippen LogP contribution in [0.3, 0.4) is 0 Å². The molecule has 0 aliphatic heterocycles. The summed E-state index contributed by atoms with van der Waals surface area (Å²) in [5, 5.41) is 3.84. The molecule has 1 N–H and O–H groups in total. The smallest absolute Gasteiger partial charge is 0.151 e. The maximum absolute atomic E-state index is 11.2. The number of unbranched alkanes of at least 4 members (excludes halogenated alkanes) is 1. The summed E-state index contributed by atoms with van der Waals surface area (Å²) in [5.41, 5.74) is 1.57. The topological polar surface area (TPSA) is 46.2 Å². The van der Waals surface area contributed by atoms with E-state index in [-0.39, 0.29) is 5.75 Å². The van der Waals surface area contributed by atoms with Crippen LogP contribution in [0.1, 0.15) is 25.3 Å². The molecule has 0 amide bonds. The van der Waals surface area contributed by atoms with Gasteiger partial charge in [-0.2, -0.15) is 0 Å². The molecule has 0 heterocycles. The normalized spacial score (nSPS) is 11.5. The van der Waals surface area contributed by atoms with Crippen molar-refractivity contribution >= 4 is 27.1 Å². The van der Waals surface area contributed by atoms with Crippen LogP contribution < -0.4 is 5.32 Å². The third-order valence-electron chi connectivity index (χ3n) is 2.31. The van der Waals surface area contributed by atoms with Crippen LogP contribution in [0, 0.1) is 0 Å². The molecule has 1 aromatic rings. The maximum Gasteiger partial charge on any atom is 0.151 e. The lowest BCUT2D eigenvalue weighted by Crippen LogP contribution is -2.04. The quantitative estimate of drug-likeness (QED) is 0.812. The Morgan fingerprint density at radius 1 is 1.35 bits per heavy atom. The average Bonchev–Trinajstić information content (AvgIpc) is 2.21. The lowest BCUT2D eigenvalue weighted by Gasteiger charge is -2.09. The van der Waals surface area contributed by atoms with E-state index in [2.05, 4.69) is 12.2 Å². The Labute approximate surface area is 108 Å². The van der Waals surface area contributed by atoms with Crippen LogP contribution in [0.25, 0.3) is 0 Å². The predicted molar refractivity (Wildman–Crippen MR) is 73.4 cm³/mol. The van der Waals surface area contributed by atoms with Crippen molar-refractivity contribution in [2.45, 2.75) is 25.5 Å². The fourth-order valence-corrected chi connectivity index (χ4v) is 2.47. The number of halogens is 1. The first-order chi connectivity index (χ1) is 7.92. The number of hydrogen-bond donors (Lipinski definition) is 1. The van der Waals surface area contributed by atoms with Crippen molar-refractivity contribution in [3.05, 3.63) is 28.8 Å². The zero-order valence-electron chi connectivity index (χ0n) is 10.2. The molecular formula is C12H18ClNO2S. The maximum atomic E-state index is 11.2. The second kappa shape index (κ2) is 6.26. The minimum atomic E-state index is -3.00. The van der Waals surface area contributed by atoms with Gasteiger partial charge in [-0.25, -0.2) is 8.42 Å². The van der Waals surface area contributed by atoms with Gasteiger partial charge in [0.05, 0.1) is 16.5 Å². The molecule has 0 saturated carbocycles. The molecule has 96 valence electrons. The molecule has 0 aliphatic carbocycles. The fourth-order valence-electron chi connectivity index (χ4n) is 1.50. The molecule has 0 spiro atoms. The minimum Gasteiger partial charge on any atom is -0.384 e. The lowest BCUT2D eigenvalue weighted by molar-refractivity contribution is 0.601. The summed E-state index contributed by atoms with van der Waals surface area (Å²) in [5.74, 6) is 0.0482. The number of hydrogen-bond acceptors (Lipinski definition) is 3. The Morgan fingerprint density at radius 3 is 2.65 bits per heavy atom. The predicted octanol–water partition coefficient (Wildman–Crippen LogP) is 3.10. The molecule has 0 unspecified atom stereocenters. The highest BCUT2D eigenvalue weighted by atomic mass is 35.5. The average molecular weight is 276 g/mol. The molecule has 0 saturated heterocycles. The van der Waals surface area contributed by atoms with Gasteiger partial charge in [0.25, 0.3) is 0 Å². The Bertz CT molecular complexity index is 471. The first-order valence-electron chi connectivity index (χ1n) is 5.62. The SMILES string of the molecule is CCCCNc1cc(CS(C)(=O)=O)ccc1Cl. The molecule has 5 heteroatoms. The van der Waals surface area contributed by atoms with Gasteiger partial charge in [-0.1, -0.05) is 31.0 Å². The van der Waals surface area contributed by atoms with Gasteiger partial charge in [0.1, 0.15) is 0 Å². The first-order valence-corrected chi connectivity index (χ1v) is 8.06. The molecular weight excluding hydrogens is 258 g/mol. The van der Waals surface area contributed by atoms with E-state index in [1.165, 1.54) is 6.26 Å². The molecule has 0 bridgehead atoms. The van der Waals surface area contributed by atoms with Crippen molar-refractivity contribution in [1.29, 1.82) is 0 Å². The van der Waals surface area contributed by atoms with Gasteiger partial charge in [-0.05, 0) is 24.1 Å². The summed E-state index contributed by atoms with van der Waals surface area (Å²) in [6, 6.07) is 5.28. The summed E-state index contributed by atoms with van der Waals surface area (Å²) in [6.07, 6.45) is 3.39. The summed E-state index contributed by atoms with van der Waals surface area (Å²) >= 11 is 6.03. The van der Waals surface area contributed by atoms with Crippen LogP contribution in [0.15, 0.2) is 18.2 Å². The van der Waals surface area contributed by atoms with E-state index in [1.54, 1.807) is 18.2 Å². The summed E-state index contributed by atoms with van der Waals surface area (Å²) in [6.45, 7) is 2.96. The van der Waals surface area contributed by atoms with E-state index in [0.717, 1.165) is 30.6 Å². The Balaban J connectivity index is 2.79. The van der Waals surface area contributed by atoms with E-state index >= 15 is 0 Å². The molecule has 0 atom stereocenters. The highest BCUT2D eigenvalue weighted by Crippen LogP contribution is 2.23. The van der Waals surface area contributed by atoms with E-state index in [4.69, 9.17) is 11.6 Å². The molecule has 0 aromatic heterocycles. The van der Waals surface area contributed by atoms with Crippen LogP contribution in [0.5, 0.6) is 0 Å². The van der Waals surface area contributed by atoms with Crippen LogP contribution in [-0.2, 0) is 15.6 Å². The zero-order chi connectivity index (χ0) is 12.9. The van der Waals surface area contributed by atoms with Gasteiger partial charge in [-0.15, -0.1) is 0 Å². The number of rotatable bonds is 6. The van der Waals surface area contributed by atoms with Crippen molar-refractivity contribution in [3.8, 4) is 0 Å². The van der Waals surface area contributed by atoms with Crippen molar-refractivity contribution in [1.82, 2.24) is 0 Å². The second-order valence-electron chi connectivity index (χ2n) is 4.16.